The van der Waals surface area contributed by atoms with Crippen LogP contribution in [0.2, 0.25) is 0 Å². The van der Waals surface area contributed by atoms with Crippen LogP contribution in [0.5, 0.6) is 0 Å². The first-order valence-electron chi connectivity index (χ1n) is 7.20. The molecule has 4 heteroatoms. The summed E-state index contributed by atoms with van der Waals surface area (Å²) in [7, 11) is 0. The molecule has 1 N–H and O–H groups in total. The summed E-state index contributed by atoms with van der Waals surface area (Å²) in [6, 6.07) is 0.148. The number of hydrogen-bond acceptors (Lipinski definition) is 3. The van der Waals surface area contributed by atoms with Crippen molar-refractivity contribution < 1.29 is 4.79 Å². The normalized spacial score (nSPS) is 27.5. The topological polar surface area (TPSA) is 35.6 Å². The van der Waals surface area contributed by atoms with E-state index in [1.165, 1.54) is 13.0 Å². The van der Waals surface area contributed by atoms with Crippen molar-refractivity contribution in [1.82, 2.24) is 15.1 Å². The van der Waals surface area contributed by atoms with Crippen LogP contribution in [0.3, 0.4) is 0 Å². The highest BCUT2D eigenvalue weighted by Gasteiger charge is 2.32. The zero-order chi connectivity index (χ0) is 13.2. The summed E-state index contributed by atoms with van der Waals surface area (Å²) < 4.78 is 0. The number of nitrogens with one attached hydrogen (secondary N) is 1. The number of carbonyl (C=O) groups excluding carboxylic acids is 1. The van der Waals surface area contributed by atoms with Crippen LogP contribution in [0.25, 0.3) is 0 Å². The van der Waals surface area contributed by atoms with E-state index in [4.69, 9.17) is 0 Å². The molecule has 0 radical (unpaired) electrons. The molecule has 2 rings (SSSR count). The third-order valence-electron chi connectivity index (χ3n) is 4.05. The van der Waals surface area contributed by atoms with E-state index in [0.29, 0.717) is 5.41 Å². The van der Waals surface area contributed by atoms with Crippen LogP contribution in [0.1, 0.15) is 33.6 Å². The van der Waals surface area contributed by atoms with Crippen LogP contribution >= 0.6 is 0 Å². The third kappa shape index (κ3) is 3.69. The van der Waals surface area contributed by atoms with E-state index in [9.17, 15) is 4.79 Å². The molecule has 0 aliphatic carbocycles. The summed E-state index contributed by atoms with van der Waals surface area (Å²) in [4.78, 5) is 16.5. The first-order chi connectivity index (χ1) is 8.46. The van der Waals surface area contributed by atoms with Gasteiger partial charge in [0.15, 0.2) is 0 Å². The second kappa shape index (κ2) is 5.57. The van der Waals surface area contributed by atoms with Gasteiger partial charge >= 0.3 is 0 Å². The second-order valence-electron chi connectivity index (χ2n) is 6.78. The smallest absolute Gasteiger partial charge is 0.237 e. The van der Waals surface area contributed by atoms with E-state index in [2.05, 4.69) is 35.9 Å². The van der Waals surface area contributed by atoms with Gasteiger partial charge in [0.25, 0.3) is 0 Å². The van der Waals surface area contributed by atoms with Gasteiger partial charge in [-0.25, -0.2) is 0 Å². The summed E-state index contributed by atoms with van der Waals surface area (Å²) in [6.07, 6.45) is 2.23. The van der Waals surface area contributed by atoms with Gasteiger partial charge in [-0.2, -0.15) is 0 Å². The van der Waals surface area contributed by atoms with Gasteiger partial charge in [0.2, 0.25) is 5.91 Å². The molecule has 104 valence electrons. The number of piperazine rings is 1. The molecule has 1 unspecified atom stereocenters. The second-order valence-corrected chi connectivity index (χ2v) is 6.78. The molecule has 0 spiro atoms. The molecule has 2 aliphatic rings. The molecule has 1 amide bonds. The van der Waals surface area contributed by atoms with Crippen molar-refractivity contribution in [3.05, 3.63) is 0 Å². The summed E-state index contributed by atoms with van der Waals surface area (Å²) in [6.45, 7) is 13.2. The average Bonchev–Trinajstić information content (AvgIpc) is 2.73. The van der Waals surface area contributed by atoms with Crippen molar-refractivity contribution in [2.45, 2.75) is 39.7 Å². The monoisotopic (exact) mass is 253 g/mol. The predicted molar refractivity (Wildman–Crippen MR) is 73.5 cm³/mol. The lowest BCUT2D eigenvalue weighted by Gasteiger charge is -2.37. The van der Waals surface area contributed by atoms with E-state index < -0.39 is 0 Å². The Labute approximate surface area is 111 Å². The van der Waals surface area contributed by atoms with Gasteiger partial charge in [-0.15, -0.1) is 0 Å². The van der Waals surface area contributed by atoms with Crippen molar-refractivity contribution in [2.75, 3.05) is 39.3 Å². The highest BCUT2D eigenvalue weighted by molar-refractivity contribution is 5.83. The summed E-state index contributed by atoms with van der Waals surface area (Å²) in [5, 5.41) is 2.93. The minimum absolute atomic E-state index is 0.148. The van der Waals surface area contributed by atoms with E-state index in [1.807, 2.05) is 0 Å². The predicted octanol–water partition coefficient (Wildman–Crippen LogP) is 0.929. The Morgan fingerprint density at radius 3 is 2.39 bits per heavy atom. The molecule has 4 nitrogen and oxygen atoms in total. The number of nitrogens with zero attached hydrogens (tertiary/aromatic N) is 2. The summed E-state index contributed by atoms with van der Waals surface area (Å²) in [5.41, 5.74) is 0.419. The van der Waals surface area contributed by atoms with Crippen molar-refractivity contribution >= 4 is 5.91 Å². The fourth-order valence-corrected chi connectivity index (χ4v) is 2.72. The average molecular weight is 253 g/mol. The van der Waals surface area contributed by atoms with Gasteiger partial charge in [0.05, 0.1) is 6.04 Å². The zero-order valence-electron chi connectivity index (χ0n) is 12.0. The molecule has 0 saturated carbocycles. The van der Waals surface area contributed by atoms with Crippen molar-refractivity contribution in [1.29, 1.82) is 0 Å². The molecular weight excluding hydrogens is 226 g/mol. The fourth-order valence-electron chi connectivity index (χ4n) is 2.72. The minimum Gasteiger partial charge on any atom is -0.355 e. The Morgan fingerprint density at radius 1 is 1.22 bits per heavy atom. The molecule has 1 atom stereocenters. The van der Waals surface area contributed by atoms with Crippen molar-refractivity contribution in [2.24, 2.45) is 5.41 Å². The maximum Gasteiger partial charge on any atom is 0.237 e. The lowest BCUT2D eigenvalue weighted by Crippen LogP contribution is -2.52. The lowest BCUT2D eigenvalue weighted by molar-refractivity contribution is -0.124. The Bertz CT molecular complexity index is 290. The number of rotatable bonds is 3. The van der Waals surface area contributed by atoms with Crippen LogP contribution in [0, 0.1) is 5.41 Å². The first kappa shape index (κ1) is 13.8. The largest absolute Gasteiger partial charge is 0.355 e. The summed E-state index contributed by atoms with van der Waals surface area (Å²) in [5.74, 6) is 0.234. The molecule has 0 aromatic rings. The van der Waals surface area contributed by atoms with Gasteiger partial charge < -0.3 is 10.2 Å². The van der Waals surface area contributed by atoms with Crippen LogP contribution in [0.4, 0.5) is 0 Å². The minimum atomic E-state index is 0.148. The molecule has 0 aromatic heterocycles. The van der Waals surface area contributed by atoms with Crippen LogP contribution < -0.4 is 5.32 Å². The van der Waals surface area contributed by atoms with E-state index >= 15 is 0 Å². The quantitative estimate of drug-likeness (QED) is 0.813. The maximum absolute atomic E-state index is 11.6. The zero-order valence-corrected chi connectivity index (χ0v) is 12.0. The van der Waals surface area contributed by atoms with Gasteiger partial charge in [0, 0.05) is 32.7 Å². The van der Waals surface area contributed by atoms with Crippen LogP contribution in [-0.4, -0.2) is 61.0 Å². The molecule has 2 heterocycles. The number of amides is 1. The maximum atomic E-state index is 11.6. The number of hydrogen-bond donors (Lipinski definition) is 1. The van der Waals surface area contributed by atoms with Crippen LogP contribution in [0.15, 0.2) is 0 Å². The Kier molecular flexibility index (Phi) is 4.28. The van der Waals surface area contributed by atoms with Gasteiger partial charge in [0.1, 0.15) is 0 Å². The molecular formula is C14H27N3O. The molecule has 2 aliphatic heterocycles. The Morgan fingerprint density at radius 2 is 1.89 bits per heavy atom. The summed E-state index contributed by atoms with van der Waals surface area (Å²) >= 11 is 0. The van der Waals surface area contributed by atoms with Crippen molar-refractivity contribution in [3.63, 3.8) is 0 Å². The third-order valence-corrected chi connectivity index (χ3v) is 4.05. The van der Waals surface area contributed by atoms with E-state index in [1.54, 1.807) is 0 Å². The van der Waals surface area contributed by atoms with Crippen LogP contribution in [-0.2, 0) is 4.79 Å². The van der Waals surface area contributed by atoms with E-state index in [-0.39, 0.29) is 11.9 Å². The lowest BCUT2D eigenvalue weighted by atomic mass is 9.92. The standard InChI is InChI=1S/C14H27N3O/c1-14(2,3)5-7-16-8-10-17(11-9-16)12-4-6-15-13(12)18/h12H,4-11H2,1-3H3,(H,15,18). The number of carbonyl (C=O) groups is 1. The highest BCUT2D eigenvalue weighted by atomic mass is 16.2. The molecule has 2 saturated heterocycles. The van der Waals surface area contributed by atoms with E-state index in [0.717, 1.165) is 39.1 Å². The molecule has 2 fully saturated rings. The molecule has 0 aromatic carbocycles. The SMILES string of the molecule is CC(C)(C)CCN1CCN(C2CCNC2=O)CC1. The highest BCUT2D eigenvalue weighted by Crippen LogP contribution is 2.20. The van der Waals surface area contributed by atoms with Gasteiger partial charge in [-0.1, -0.05) is 20.8 Å². The van der Waals surface area contributed by atoms with Crippen molar-refractivity contribution in [3.8, 4) is 0 Å². The van der Waals surface area contributed by atoms with Gasteiger partial charge in [-0.05, 0) is 24.8 Å². The Balaban J connectivity index is 1.73. The first-order valence-corrected chi connectivity index (χ1v) is 7.20. The fraction of sp³-hybridized carbons (Fsp3) is 0.929. The molecule has 0 bridgehead atoms. The van der Waals surface area contributed by atoms with Gasteiger partial charge in [-0.3, -0.25) is 9.69 Å². The Hall–Kier alpha value is -0.610. The molecule has 18 heavy (non-hydrogen) atoms.